The van der Waals surface area contributed by atoms with Crippen LogP contribution in [0.25, 0.3) is 0 Å². The smallest absolute Gasteiger partial charge is 0.264 e. The quantitative estimate of drug-likeness (QED) is 0.787. The highest BCUT2D eigenvalue weighted by Crippen LogP contribution is 2.28. The number of thiophene rings is 1. The molecule has 3 rings (SSSR count). The van der Waals surface area contributed by atoms with E-state index in [2.05, 4.69) is 20.4 Å². The van der Waals surface area contributed by atoms with Crippen LogP contribution in [0.5, 0.6) is 0 Å². The van der Waals surface area contributed by atoms with E-state index in [1.54, 1.807) is 7.05 Å². The largest absolute Gasteiger partial charge is 0.358 e. The molecule has 0 atom stereocenters. The van der Waals surface area contributed by atoms with Crippen LogP contribution in [0.1, 0.15) is 9.67 Å². The van der Waals surface area contributed by atoms with E-state index in [4.69, 9.17) is 0 Å². The summed E-state index contributed by atoms with van der Waals surface area (Å²) in [5.41, 5.74) is 0. The Labute approximate surface area is 152 Å². The first-order chi connectivity index (χ1) is 11.7. The molecule has 0 aromatic carbocycles. The van der Waals surface area contributed by atoms with Crippen LogP contribution < -0.4 is 10.2 Å². The van der Waals surface area contributed by atoms with Gasteiger partial charge in [-0.25, -0.2) is 0 Å². The average Bonchev–Trinajstić information content (AvgIpc) is 3.31. The number of rotatable bonds is 5. The summed E-state index contributed by atoms with van der Waals surface area (Å²) in [6.45, 7) is 2.84. The second kappa shape index (κ2) is 7.95. The van der Waals surface area contributed by atoms with Crippen molar-refractivity contribution in [3.8, 4) is 0 Å². The number of nitrogens with zero attached hydrogens (tertiary/aromatic N) is 4. The summed E-state index contributed by atoms with van der Waals surface area (Å²) in [6.07, 6.45) is 0. The van der Waals surface area contributed by atoms with Gasteiger partial charge in [0.05, 0.1) is 10.6 Å². The molecule has 1 aliphatic rings. The van der Waals surface area contributed by atoms with E-state index >= 15 is 0 Å². The number of hydrogen-bond donors (Lipinski definition) is 1. The Morgan fingerprint density at radius 1 is 1.29 bits per heavy atom. The molecule has 7 nitrogen and oxygen atoms in total. The third-order valence-corrected chi connectivity index (χ3v) is 6.55. The third kappa shape index (κ3) is 4.05. The van der Waals surface area contributed by atoms with Gasteiger partial charge in [0.25, 0.3) is 5.91 Å². The maximum atomic E-state index is 12.3. The van der Waals surface area contributed by atoms with Gasteiger partial charge in [0.2, 0.25) is 11.0 Å². The maximum Gasteiger partial charge on any atom is 0.264 e. The van der Waals surface area contributed by atoms with Crippen LogP contribution in [0.15, 0.2) is 21.9 Å². The molecule has 0 spiro atoms. The molecule has 128 valence electrons. The molecule has 2 aromatic heterocycles. The predicted octanol–water partition coefficient (Wildman–Crippen LogP) is 1.40. The number of amides is 2. The minimum Gasteiger partial charge on any atom is -0.358 e. The maximum absolute atomic E-state index is 12.3. The molecule has 24 heavy (non-hydrogen) atoms. The van der Waals surface area contributed by atoms with Crippen molar-refractivity contribution in [2.24, 2.45) is 0 Å². The molecule has 0 bridgehead atoms. The van der Waals surface area contributed by atoms with Crippen LogP contribution in [0.3, 0.4) is 0 Å². The van der Waals surface area contributed by atoms with Crippen LogP contribution in [-0.2, 0) is 4.79 Å². The lowest BCUT2D eigenvalue weighted by Crippen LogP contribution is -2.48. The Hall–Kier alpha value is -1.65. The van der Waals surface area contributed by atoms with E-state index < -0.39 is 0 Å². The molecule has 2 amide bonds. The number of aromatic nitrogens is 2. The number of carbonyl (C=O) groups is 2. The van der Waals surface area contributed by atoms with Gasteiger partial charge in [-0.15, -0.1) is 21.5 Å². The molecular weight excluding hydrogens is 366 g/mol. The lowest BCUT2D eigenvalue weighted by atomic mass is 10.3. The van der Waals surface area contributed by atoms with Crippen molar-refractivity contribution < 1.29 is 9.59 Å². The number of piperazine rings is 1. The third-order valence-electron chi connectivity index (χ3n) is 3.57. The topological polar surface area (TPSA) is 78.4 Å². The fraction of sp³-hybridized carbons (Fsp3) is 0.429. The molecule has 0 unspecified atom stereocenters. The van der Waals surface area contributed by atoms with Crippen molar-refractivity contribution in [2.45, 2.75) is 4.34 Å². The summed E-state index contributed by atoms with van der Waals surface area (Å²) in [5, 5.41) is 13.7. The Kier molecular flexibility index (Phi) is 5.69. The number of carbonyl (C=O) groups excluding carboxylic acids is 2. The molecule has 1 fully saturated rings. The van der Waals surface area contributed by atoms with Gasteiger partial charge in [-0.1, -0.05) is 29.2 Å². The fourth-order valence-corrected chi connectivity index (χ4v) is 4.70. The summed E-state index contributed by atoms with van der Waals surface area (Å²) < 4.78 is 0.783. The summed E-state index contributed by atoms with van der Waals surface area (Å²) in [5.74, 6) is 0.412. The molecule has 1 aliphatic heterocycles. The Bertz CT molecular complexity index is 695. The van der Waals surface area contributed by atoms with Gasteiger partial charge in [0.15, 0.2) is 4.34 Å². The van der Waals surface area contributed by atoms with Crippen molar-refractivity contribution in [2.75, 3.05) is 43.9 Å². The zero-order valence-corrected chi connectivity index (χ0v) is 15.5. The first kappa shape index (κ1) is 17.2. The highest BCUT2D eigenvalue weighted by molar-refractivity contribution is 8.01. The molecule has 0 radical (unpaired) electrons. The van der Waals surface area contributed by atoms with E-state index in [1.807, 2.05) is 22.4 Å². The Morgan fingerprint density at radius 2 is 2.08 bits per heavy atom. The van der Waals surface area contributed by atoms with Gasteiger partial charge in [-0.3, -0.25) is 9.59 Å². The second-order valence-electron chi connectivity index (χ2n) is 5.07. The monoisotopic (exact) mass is 383 g/mol. The highest BCUT2D eigenvalue weighted by Gasteiger charge is 2.24. The lowest BCUT2D eigenvalue weighted by Gasteiger charge is -2.34. The van der Waals surface area contributed by atoms with E-state index in [1.165, 1.54) is 34.4 Å². The average molecular weight is 384 g/mol. The Morgan fingerprint density at radius 3 is 2.75 bits per heavy atom. The fourth-order valence-electron chi connectivity index (χ4n) is 2.25. The molecule has 2 aromatic rings. The summed E-state index contributed by atoms with van der Waals surface area (Å²) >= 11 is 4.34. The minimum absolute atomic E-state index is 0.0301. The molecule has 3 heterocycles. The zero-order valence-electron chi connectivity index (χ0n) is 13.1. The van der Waals surface area contributed by atoms with E-state index in [9.17, 15) is 9.59 Å². The van der Waals surface area contributed by atoms with Crippen LogP contribution in [0.2, 0.25) is 0 Å². The SMILES string of the molecule is CNC(=O)CSc1nnc(N2CCN(C(=O)c3cccs3)CC2)s1. The van der Waals surface area contributed by atoms with E-state index in [0.717, 1.165) is 27.4 Å². The summed E-state index contributed by atoms with van der Waals surface area (Å²) in [4.78, 5) is 28.4. The minimum atomic E-state index is -0.0301. The first-order valence-corrected chi connectivity index (χ1v) is 10.1. The standard InChI is InChI=1S/C14H17N5O2S3/c1-15-11(20)9-23-14-17-16-13(24-14)19-6-4-18(5-7-19)12(21)10-3-2-8-22-10/h2-3,8H,4-7,9H2,1H3,(H,15,20). The van der Waals surface area contributed by atoms with Crippen LogP contribution in [0.4, 0.5) is 5.13 Å². The van der Waals surface area contributed by atoms with Crippen molar-refractivity contribution >= 4 is 51.4 Å². The van der Waals surface area contributed by atoms with Crippen molar-refractivity contribution in [1.82, 2.24) is 20.4 Å². The molecular formula is C14H17N5O2S3. The molecule has 0 aliphatic carbocycles. The van der Waals surface area contributed by atoms with Gasteiger partial charge in [0.1, 0.15) is 0 Å². The van der Waals surface area contributed by atoms with Gasteiger partial charge in [0, 0.05) is 33.2 Å². The predicted molar refractivity (Wildman–Crippen MR) is 97.1 cm³/mol. The van der Waals surface area contributed by atoms with Crippen LogP contribution >= 0.6 is 34.4 Å². The summed E-state index contributed by atoms with van der Waals surface area (Å²) in [6, 6.07) is 3.76. The number of hydrogen-bond acceptors (Lipinski definition) is 8. The van der Waals surface area contributed by atoms with Gasteiger partial charge < -0.3 is 15.1 Å². The number of nitrogens with one attached hydrogen (secondary N) is 1. The summed E-state index contributed by atoms with van der Waals surface area (Å²) in [7, 11) is 1.62. The van der Waals surface area contributed by atoms with Crippen LogP contribution in [0, 0.1) is 0 Å². The van der Waals surface area contributed by atoms with Crippen molar-refractivity contribution in [3.63, 3.8) is 0 Å². The highest BCUT2D eigenvalue weighted by atomic mass is 32.2. The second-order valence-corrected chi connectivity index (χ2v) is 8.20. The van der Waals surface area contributed by atoms with E-state index in [-0.39, 0.29) is 11.8 Å². The number of anilines is 1. The van der Waals surface area contributed by atoms with Crippen LogP contribution in [-0.4, -0.2) is 65.9 Å². The molecule has 1 N–H and O–H groups in total. The normalized spacial score (nSPS) is 14.7. The number of thioether (sulfide) groups is 1. The van der Waals surface area contributed by atoms with Crippen molar-refractivity contribution in [3.05, 3.63) is 22.4 Å². The van der Waals surface area contributed by atoms with Gasteiger partial charge in [-0.2, -0.15) is 0 Å². The zero-order chi connectivity index (χ0) is 16.9. The molecule has 10 heteroatoms. The van der Waals surface area contributed by atoms with E-state index in [0.29, 0.717) is 18.8 Å². The van der Waals surface area contributed by atoms with Gasteiger partial charge in [-0.05, 0) is 11.4 Å². The lowest BCUT2D eigenvalue weighted by molar-refractivity contribution is -0.118. The van der Waals surface area contributed by atoms with Crippen molar-refractivity contribution in [1.29, 1.82) is 0 Å². The first-order valence-electron chi connectivity index (χ1n) is 7.42. The van der Waals surface area contributed by atoms with Gasteiger partial charge >= 0.3 is 0 Å². The molecule has 0 saturated carbocycles. The molecule has 1 saturated heterocycles. The Balaban J connectivity index is 1.52.